The summed E-state index contributed by atoms with van der Waals surface area (Å²) in [5.41, 5.74) is 1.22. The molecule has 90 valence electrons. The summed E-state index contributed by atoms with van der Waals surface area (Å²) in [5, 5.41) is 3.20. The maximum atomic E-state index is 11.5. The molecule has 4 heteroatoms. The van der Waals surface area contributed by atoms with Crippen LogP contribution in [-0.2, 0) is 11.3 Å². The number of nitrogens with one attached hydrogen (secondary N) is 1. The van der Waals surface area contributed by atoms with Crippen molar-refractivity contribution in [3.05, 3.63) is 24.0 Å². The van der Waals surface area contributed by atoms with Crippen LogP contribution in [0.3, 0.4) is 0 Å². The van der Waals surface area contributed by atoms with Crippen LogP contribution in [0.15, 0.2) is 18.3 Å². The van der Waals surface area contributed by atoms with Gasteiger partial charge in [-0.2, -0.15) is 0 Å². The first-order chi connectivity index (χ1) is 7.56. The number of hydrogen-bond donors (Lipinski definition) is 1. The molecule has 1 aromatic heterocycles. The lowest BCUT2D eigenvalue weighted by molar-refractivity contribution is -0.128. The second kappa shape index (κ2) is 5.70. The third-order valence-corrected chi connectivity index (χ3v) is 2.81. The van der Waals surface area contributed by atoms with Crippen molar-refractivity contribution < 1.29 is 4.79 Å². The summed E-state index contributed by atoms with van der Waals surface area (Å²) in [5.74, 6) is 0.164. The summed E-state index contributed by atoms with van der Waals surface area (Å²) < 4.78 is 2.13. The first-order valence-electron chi connectivity index (χ1n) is 5.58. The number of aromatic nitrogens is 1. The molecule has 4 nitrogen and oxygen atoms in total. The highest BCUT2D eigenvalue weighted by Crippen LogP contribution is 2.13. The zero-order valence-electron chi connectivity index (χ0n) is 10.5. The molecule has 0 radical (unpaired) electrons. The minimum Gasteiger partial charge on any atom is -0.349 e. The average Bonchev–Trinajstić information content (AvgIpc) is 2.72. The molecule has 0 aliphatic carbocycles. The van der Waals surface area contributed by atoms with Crippen LogP contribution in [-0.4, -0.2) is 36.5 Å². The van der Waals surface area contributed by atoms with Crippen LogP contribution in [0.4, 0.5) is 0 Å². The number of nitrogens with zero attached hydrogens (tertiary/aromatic N) is 2. The Morgan fingerprint density at radius 2 is 2.25 bits per heavy atom. The van der Waals surface area contributed by atoms with Crippen molar-refractivity contribution in [2.45, 2.75) is 25.9 Å². The van der Waals surface area contributed by atoms with Gasteiger partial charge in [0.25, 0.3) is 0 Å². The van der Waals surface area contributed by atoms with Gasteiger partial charge in [-0.05, 0) is 26.1 Å². The van der Waals surface area contributed by atoms with E-state index in [0.29, 0.717) is 12.5 Å². The monoisotopic (exact) mass is 223 g/mol. The highest BCUT2D eigenvalue weighted by atomic mass is 16.2. The first kappa shape index (κ1) is 12.8. The summed E-state index contributed by atoms with van der Waals surface area (Å²) in [6.45, 7) is 2.85. The third kappa shape index (κ3) is 3.10. The molecule has 1 heterocycles. The van der Waals surface area contributed by atoms with Crippen LogP contribution < -0.4 is 5.32 Å². The van der Waals surface area contributed by atoms with E-state index < -0.39 is 0 Å². The van der Waals surface area contributed by atoms with Gasteiger partial charge in [-0.15, -0.1) is 0 Å². The van der Waals surface area contributed by atoms with Crippen LogP contribution in [0, 0.1) is 0 Å². The largest absolute Gasteiger partial charge is 0.349 e. The van der Waals surface area contributed by atoms with Gasteiger partial charge in [-0.25, -0.2) is 0 Å². The van der Waals surface area contributed by atoms with Crippen molar-refractivity contribution in [3.8, 4) is 0 Å². The van der Waals surface area contributed by atoms with Gasteiger partial charge in [0.15, 0.2) is 0 Å². The maximum Gasteiger partial charge on any atom is 0.223 e. The second-order valence-electron chi connectivity index (χ2n) is 4.17. The second-order valence-corrected chi connectivity index (χ2v) is 4.17. The average molecular weight is 223 g/mol. The smallest absolute Gasteiger partial charge is 0.223 e. The SMILES string of the molecule is CNC(C)c1cccn1CCC(=O)N(C)C. The molecule has 0 fully saturated rings. The minimum absolute atomic E-state index is 0.164. The molecule has 1 atom stereocenters. The van der Waals surface area contributed by atoms with Gasteiger partial charge >= 0.3 is 0 Å². The Labute approximate surface area is 97.2 Å². The summed E-state index contributed by atoms with van der Waals surface area (Å²) in [4.78, 5) is 13.1. The Balaban J connectivity index is 2.61. The van der Waals surface area contributed by atoms with Crippen molar-refractivity contribution in [2.24, 2.45) is 0 Å². The molecular weight excluding hydrogens is 202 g/mol. The Bertz CT molecular complexity index is 344. The van der Waals surface area contributed by atoms with E-state index in [1.54, 1.807) is 19.0 Å². The molecule has 0 saturated carbocycles. The van der Waals surface area contributed by atoms with E-state index in [4.69, 9.17) is 0 Å². The van der Waals surface area contributed by atoms with Crippen LogP contribution in [0.1, 0.15) is 25.1 Å². The van der Waals surface area contributed by atoms with Gasteiger partial charge in [0.2, 0.25) is 5.91 Å². The third-order valence-electron chi connectivity index (χ3n) is 2.81. The van der Waals surface area contributed by atoms with Crippen molar-refractivity contribution in [1.82, 2.24) is 14.8 Å². The van der Waals surface area contributed by atoms with Crippen LogP contribution in [0.25, 0.3) is 0 Å². The van der Waals surface area contributed by atoms with E-state index in [1.165, 1.54) is 5.69 Å². The van der Waals surface area contributed by atoms with Crippen molar-refractivity contribution in [1.29, 1.82) is 0 Å². The van der Waals surface area contributed by atoms with E-state index in [9.17, 15) is 4.79 Å². The van der Waals surface area contributed by atoms with Crippen LogP contribution in [0.5, 0.6) is 0 Å². The van der Waals surface area contributed by atoms with Gasteiger partial charge in [0.05, 0.1) is 0 Å². The van der Waals surface area contributed by atoms with E-state index in [-0.39, 0.29) is 5.91 Å². The normalized spacial score (nSPS) is 12.5. The van der Waals surface area contributed by atoms with Gasteiger partial charge in [-0.1, -0.05) is 0 Å². The Kier molecular flexibility index (Phi) is 4.55. The number of carbonyl (C=O) groups excluding carboxylic acids is 1. The molecule has 16 heavy (non-hydrogen) atoms. The predicted octanol–water partition coefficient (Wildman–Crippen LogP) is 1.25. The lowest BCUT2D eigenvalue weighted by Crippen LogP contribution is -2.24. The molecule has 0 saturated heterocycles. The molecule has 1 rings (SSSR count). The van der Waals surface area contributed by atoms with Crippen LogP contribution >= 0.6 is 0 Å². The van der Waals surface area contributed by atoms with E-state index >= 15 is 0 Å². The fourth-order valence-electron chi connectivity index (χ4n) is 1.61. The number of aryl methyl sites for hydroxylation is 1. The summed E-state index contributed by atoms with van der Waals surface area (Å²) in [7, 11) is 5.51. The van der Waals surface area contributed by atoms with Gasteiger partial charge in [0, 0.05) is 45.0 Å². The molecule has 1 unspecified atom stereocenters. The molecule has 1 N–H and O–H groups in total. The lowest BCUT2D eigenvalue weighted by Gasteiger charge is -2.16. The zero-order chi connectivity index (χ0) is 12.1. The van der Waals surface area contributed by atoms with E-state index in [0.717, 1.165) is 6.54 Å². The maximum absolute atomic E-state index is 11.5. The molecule has 0 aliphatic rings. The molecule has 0 aliphatic heterocycles. The molecule has 0 bridgehead atoms. The summed E-state index contributed by atoms with van der Waals surface area (Å²) in [6, 6.07) is 4.41. The van der Waals surface area contributed by atoms with Crippen molar-refractivity contribution in [3.63, 3.8) is 0 Å². The Morgan fingerprint density at radius 3 is 2.81 bits per heavy atom. The van der Waals surface area contributed by atoms with Gasteiger partial charge < -0.3 is 14.8 Å². The predicted molar refractivity (Wildman–Crippen MR) is 65.2 cm³/mol. The van der Waals surface area contributed by atoms with Crippen molar-refractivity contribution >= 4 is 5.91 Å². The number of rotatable bonds is 5. The quantitative estimate of drug-likeness (QED) is 0.815. The van der Waals surface area contributed by atoms with Gasteiger partial charge in [0.1, 0.15) is 0 Å². The molecule has 1 amide bonds. The fraction of sp³-hybridized carbons (Fsp3) is 0.583. The first-order valence-corrected chi connectivity index (χ1v) is 5.58. The Morgan fingerprint density at radius 1 is 1.56 bits per heavy atom. The van der Waals surface area contributed by atoms with E-state index in [1.807, 2.05) is 19.3 Å². The fourth-order valence-corrected chi connectivity index (χ4v) is 1.61. The number of hydrogen-bond acceptors (Lipinski definition) is 2. The van der Waals surface area contributed by atoms with Gasteiger partial charge in [-0.3, -0.25) is 4.79 Å². The summed E-state index contributed by atoms with van der Waals surface area (Å²) in [6.07, 6.45) is 2.57. The number of carbonyl (C=O) groups is 1. The standard InChI is InChI=1S/C12H21N3O/c1-10(13-2)11-6-5-8-15(11)9-7-12(16)14(3)4/h5-6,8,10,13H,7,9H2,1-4H3. The highest BCUT2D eigenvalue weighted by Gasteiger charge is 2.09. The highest BCUT2D eigenvalue weighted by molar-refractivity contribution is 5.75. The van der Waals surface area contributed by atoms with Crippen molar-refractivity contribution in [2.75, 3.05) is 21.1 Å². The zero-order valence-corrected chi connectivity index (χ0v) is 10.5. The van der Waals surface area contributed by atoms with E-state index in [2.05, 4.69) is 22.9 Å². The minimum atomic E-state index is 0.164. The lowest BCUT2D eigenvalue weighted by atomic mass is 10.2. The summed E-state index contributed by atoms with van der Waals surface area (Å²) >= 11 is 0. The Hall–Kier alpha value is -1.29. The number of amides is 1. The molecule has 1 aromatic rings. The molecular formula is C12H21N3O. The molecule has 0 aromatic carbocycles. The van der Waals surface area contributed by atoms with Crippen LogP contribution in [0.2, 0.25) is 0 Å². The molecule has 0 spiro atoms. The topological polar surface area (TPSA) is 37.3 Å².